The number of H-pyrrole nitrogens is 1. The predicted octanol–water partition coefficient (Wildman–Crippen LogP) is 3.36. The average Bonchev–Trinajstić information content (AvgIpc) is 3.38. The molecule has 31 heavy (non-hydrogen) atoms. The zero-order valence-electron chi connectivity index (χ0n) is 15.8. The van der Waals surface area contributed by atoms with Crippen LogP contribution in [0, 0.1) is 0 Å². The summed E-state index contributed by atoms with van der Waals surface area (Å²) in [5.41, 5.74) is -0.589. The summed E-state index contributed by atoms with van der Waals surface area (Å²) >= 11 is 3.08. The van der Waals surface area contributed by atoms with Gasteiger partial charge < -0.3 is 10.4 Å². The van der Waals surface area contributed by atoms with Crippen molar-refractivity contribution in [3.63, 3.8) is 0 Å². The summed E-state index contributed by atoms with van der Waals surface area (Å²) in [5, 5.41) is 16.8. The first-order valence-electron chi connectivity index (χ1n) is 9.20. The van der Waals surface area contributed by atoms with Crippen LogP contribution in [0.15, 0.2) is 69.6 Å². The van der Waals surface area contributed by atoms with Crippen LogP contribution < -0.4 is 10.7 Å². The lowest BCUT2D eigenvalue weighted by Gasteiger charge is -2.08. The molecule has 3 aromatic heterocycles. The van der Waals surface area contributed by atoms with Gasteiger partial charge in [0.25, 0.3) is 5.91 Å². The highest BCUT2D eigenvalue weighted by Crippen LogP contribution is 2.41. The molecule has 0 radical (unpaired) electrons. The van der Waals surface area contributed by atoms with Crippen LogP contribution in [0.5, 0.6) is 0 Å². The zero-order valence-corrected chi connectivity index (χ0v) is 17.4. The van der Waals surface area contributed by atoms with Crippen molar-refractivity contribution in [2.75, 3.05) is 6.54 Å². The maximum atomic E-state index is 12.7. The Kier molecular flexibility index (Phi) is 4.72. The molecular formula is C21H14N4O4S2. The highest BCUT2D eigenvalue weighted by atomic mass is 32.2. The van der Waals surface area contributed by atoms with E-state index < -0.39 is 23.9 Å². The quantitative estimate of drug-likeness (QED) is 0.378. The molecule has 0 spiro atoms. The number of aromatic amines is 1. The number of nitrogens with zero attached hydrogens (tertiary/aromatic N) is 2. The summed E-state index contributed by atoms with van der Waals surface area (Å²) in [5.74, 6) is -1.98. The molecule has 0 aliphatic rings. The number of aromatic nitrogens is 3. The van der Waals surface area contributed by atoms with E-state index in [1.807, 2.05) is 24.3 Å². The molecule has 1 amide bonds. The van der Waals surface area contributed by atoms with Crippen molar-refractivity contribution in [2.45, 2.75) is 9.92 Å². The van der Waals surface area contributed by atoms with E-state index in [1.165, 1.54) is 34.2 Å². The highest BCUT2D eigenvalue weighted by Gasteiger charge is 2.20. The molecule has 8 nitrogen and oxygen atoms in total. The number of carbonyl (C=O) groups excluding carboxylic acids is 1. The van der Waals surface area contributed by atoms with Crippen molar-refractivity contribution in [1.29, 1.82) is 0 Å². The maximum absolute atomic E-state index is 12.7. The number of carboxylic acid groups (broad SMARTS) is 1. The molecule has 154 valence electrons. The summed E-state index contributed by atoms with van der Waals surface area (Å²) in [6.45, 7) is -0.584. The van der Waals surface area contributed by atoms with Crippen LogP contribution in [-0.4, -0.2) is 38.1 Å². The summed E-state index contributed by atoms with van der Waals surface area (Å²) in [6, 6.07) is 15.6. The van der Waals surface area contributed by atoms with Gasteiger partial charge >= 0.3 is 5.97 Å². The van der Waals surface area contributed by atoms with E-state index in [0.717, 1.165) is 15.0 Å². The number of hydrogen-bond acceptors (Lipinski definition) is 6. The number of nitrogens with one attached hydrogen (secondary N) is 2. The Morgan fingerprint density at radius 1 is 1.16 bits per heavy atom. The first-order chi connectivity index (χ1) is 15.0. The Morgan fingerprint density at radius 3 is 2.81 bits per heavy atom. The number of rotatable bonds is 5. The molecule has 0 bridgehead atoms. The fraction of sp³-hybridized carbons (Fsp3) is 0.0476. The van der Waals surface area contributed by atoms with Crippen molar-refractivity contribution in [1.82, 2.24) is 19.9 Å². The smallest absolute Gasteiger partial charge is 0.322 e. The minimum Gasteiger partial charge on any atom is -0.480 e. The normalized spacial score (nSPS) is 11.4. The van der Waals surface area contributed by atoms with Gasteiger partial charge in [0.05, 0.1) is 0 Å². The number of amides is 1. The molecule has 0 fully saturated rings. The van der Waals surface area contributed by atoms with Crippen molar-refractivity contribution < 1.29 is 14.7 Å². The minimum atomic E-state index is -1.20. The summed E-state index contributed by atoms with van der Waals surface area (Å²) in [6.07, 6.45) is 1.38. The van der Waals surface area contributed by atoms with Crippen LogP contribution in [0.1, 0.15) is 10.4 Å². The first-order valence-corrected chi connectivity index (χ1v) is 10.8. The average molecular weight is 451 g/mol. The topological polar surface area (TPSA) is 117 Å². The van der Waals surface area contributed by atoms with Gasteiger partial charge in [0.2, 0.25) is 0 Å². The number of pyridine rings is 1. The SMILES string of the molecule is O=C(O)CNC(=O)c1c(=O)cc(Sc2cccc3c2sc2ccccc23)n2[nH]cnc12. The molecule has 0 atom stereocenters. The third kappa shape index (κ3) is 3.35. The van der Waals surface area contributed by atoms with Crippen LogP contribution in [0.3, 0.4) is 0 Å². The van der Waals surface area contributed by atoms with Crippen molar-refractivity contribution >= 4 is 60.8 Å². The highest BCUT2D eigenvalue weighted by molar-refractivity contribution is 7.99. The summed E-state index contributed by atoms with van der Waals surface area (Å²) in [7, 11) is 0. The second-order valence-corrected chi connectivity index (χ2v) is 8.79. The van der Waals surface area contributed by atoms with Gasteiger partial charge in [-0.25, -0.2) is 9.50 Å². The van der Waals surface area contributed by atoms with Gasteiger partial charge in [0, 0.05) is 31.1 Å². The third-order valence-electron chi connectivity index (χ3n) is 4.74. The van der Waals surface area contributed by atoms with Crippen LogP contribution in [0.25, 0.3) is 25.8 Å². The van der Waals surface area contributed by atoms with Crippen molar-refractivity contribution in [2.24, 2.45) is 0 Å². The number of aliphatic carboxylic acids is 1. The first kappa shape index (κ1) is 19.3. The van der Waals surface area contributed by atoms with Crippen LogP contribution in [0.2, 0.25) is 0 Å². The number of fused-ring (bicyclic) bond motifs is 4. The molecule has 2 aromatic carbocycles. The fourth-order valence-corrected chi connectivity index (χ4v) is 5.75. The monoisotopic (exact) mass is 450 g/mol. The lowest BCUT2D eigenvalue weighted by Crippen LogP contribution is -2.33. The van der Waals surface area contributed by atoms with E-state index in [0.29, 0.717) is 5.03 Å². The van der Waals surface area contributed by atoms with Crippen molar-refractivity contribution in [3.8, 4) is 0 Å². The molecule has 0 unspecified atom stereocenters. The minimum absolute atomic E-state index is 0.140. The Labute approximate surface area is 182 Å². The van der Waals surface area contributed by atoms with Gasteiger partial charge in [-0.3, -0.25) is 19.5 Å². The molecule has 0 aliphatic carbocycles. The maximum Gasteiger partial charge on any atom is 0.322 e. The van der Waals surface area contributed by atoms with Gasteiger partial charge in [0.15, 0.2) is 11.1 Å². The molecule has 5 aromatic rings. The van der Waals surface area contributed by atoms with E-state index in [-0.39, 0.29) is 11.2 Å². The van der Waals surface area contributed by atoms with Crippen LogP contribution >= 0.6 is 23.1 Å². The number of hydrogen-bond donors (Lipinski definition) is 3. The second kappa shape index (κ2) is 7.56. The van der Waals surface area contributed by atoms with E-state index >= 15 is 0 Å². The molecule has 3 heterocycles. The van der Waals surface area contributed by atoms with Gasteiger partial charge in [0.1, 0.15) is 23.5 Å². The molecule has 0 saturated heterocycles. The van der Waals surface area contributed by atoms with E-state index in [2.05, 4.69) is 33.6 Å². The molecular weight excluding hydrogens is 436 g/mol. The van der Waals surface area contributed by atoms with Crippen LogP contribution in [-0.2, 0) is 4.79 Å². The number of benzene rings is 2. The van der Waals surface area contributed by atoms with Gasteiger partial charge in [-0.2, -0.15) is 0 Å². The molecule has 5 rings (SSSR count). The molecule has 0 aliphatic heterocycles. The standard InChI is InChI=1S/C21H14N4O4S2/c26-13-8-16(25-20(23-10-24-25)18(13)21(29)22-9-17(27)28)30-15-7-3-5-12-11-4-1-2-6-14(11)31-19(12)15/h1-8,10H,9H2,(H,22,29)(H,23,24)(H,27,28). The molecule has 0 saturated carbocycles. The number of carboxylic acids is 1. The zero-order chi connectivity index (χ0) is 21.5. The summed E-state index contributed by atoms with van der Waals surface area (Å²) < 4.78 is 3.84. The van der Waals surface area contributed by atoms with E-state index in [4.69, 9.17) is 5.11 Å². The number of carbonyl (C=O) groups is 2. The predicted molar refractivity (Wildman–Crippen MR) is 119 cm³/mol. The fourth-order valence-electron chi connectivity index (χ4n) is 3.42. The summed E-state index contributed by atoms with van der Waals surface area (Å²) in [4.78, 5) is 41.0. The Morgan fingerprint density at radius 2 is 1.97 bits per heavy atom. The van der Waals surface area contributed by atoms with Crippen LogP contribution in [0.4, 0.5) is 0 Å². The van der Waals surface area contributed by atoms with Gasteiger partial charge in [-0.1, -0.05) is 42.1 Å². The molecule has 10 heteroatoms. The van der Waals surface area contributed by atoms with Gasteiger partial charge in [-0.15, -0.1) is 11.3 Å². The third-order valence-corrected chi connectivity index (χ3v) is 7.16. The lowest BCUT2D eigenvalue weighted by atomic mass is 10.1. The number of thiophene rings is 1. The Bertz CT molecular complexity index is 1550. The molecule has 3 N–H and O–H groups in total. The largest absolute Gasteiger partial charge is 0.480 e. The lowest BCUT2D eigenvalue weighted by molar-refractivity contribution is -0.135. The van der Waals surface area contributed by atoms with Gasteiger partial charge in [-0.05, 0) is 12.1 Å². The van der Waals surface area contributed by atoms with E-state index in [1.54, 1.807) is 15.9 Å². The second-order valence-electron chi connectivity index (χ2n) is 6.68. The van der Waals surface area contributed by atoms with E-state index in [9.17, 15) is 14.4 Å². The Hall–Kier alpha value is -3.63. The Balaban J connectivity index is 1.60. The van der Waals surface area contributed by atoms with Crippen molar-refractivity contribution in [3.05, 3.63) is 70.6 Å².